The smallest absolute Gasteiger partial charge is 0.250 e. The molecule has 1 heterocycles. The van der Waals surface area contributed by atoms with Crippen LogP contribution in [0.25, 0.3) is 11.3 Å². The molecule has 1 aromatic carbocycles. The number of hydrogen-bond acceptors (Lipinski definition) is 2. The summed E-state index contributed by atoms with van der Waals surface area (Å²) in [5, 5.41) is 4.75. The summed E-state index contributed by atoms with van der Waals surface area (Å²) in [4.78, 5) is 14.2. The maximum Gasteiger partial charge on any atom is 0.250 e. The van der Waals surface area contributed by atoms with Crippen molar-refractivity contribution < 1.29 is 4.79 Å². The van der Waals surface area contributed by atoms with Crippen LogP contribution in [0.1, 0.15) is 24.8 Å². The van der Waals surface area contributed by atoms with Gasteiger partial charge in [0.05, 0.1) is 5.69 Å². The van der Waals surface area contributed by atoms with Crippen LogP contribution in [-0.2, 0) is 10.3 Å². The van der Waals surface area contributed by atoms with Crippen LogP contribution in [0.4, 0.5) is 0 Å². The van der Waals surface area contributed by atoms with E-state index in [2.05, 4.69) is 19.1 Å². The number of carbonyl (C=O) groups is 1. The molecular formula is C17H21N3O. The first-order valence-corrected chi connectivity index (χ1v) is 7.38. The molecule has 1 aliphatic carbocycles. The molecule has 0 N–H and O–H groups in total. The maximum absolute atomic E-state index is 12.6. The van der Waals surface area contributed by atoms with Crippen molar-refractivity contribution in [3.8, 4) is 11.3 Å². The maximum atomic E-state index is 12.6. The van der Waals surface area contributed by atoms with Gasteiger partial charge < -0.3 is 4.90 Å². The van der Waals surface area contributed by atoms with E-state index in [1.165, 1.54) is 0 Å². The number of hydrogen-bond donors (Lipinski definition) is 0. The van der Waals surface area contributed by atoms with Gasteiger partial charge in [-0.15, -0.1) is 0 Å². The average molecular weight is 283 g/mol. The van der Waals surface area contributed by atoms with Crippen molar-refractivity contribution in [2.24, 2.45) is 0 Å². The minimum Gasteiger partial charge on any atom is -0.347 e. The van der Waals surface area contributed by atoms with E-state index in [0.29, 0.717) is 0 Å². The zero-order valence-corrected chi connectivity index (χ0v) is 12.8. The largest absolute Gasteiger partial charge is 0.347 e. The molecule has 0 aliphatic heterocycles. The predicted molar refractivity (Wildman–Crippen MR) is 82.9 cm³/mol. The van der Waals surface area contributed by atoms with E-state index in [1.54, 1.807) is 4.90 Å². The number of nitrogens with zero attached hydrogens (tertiary/aromatic N) is 3. The van der Waals surface area contributed by atoms with Crippen LogP contribution in [0.5, 0.6) is 0 Å². The fourth-order valence-corrected chi connectivity index (χ4v) is 3.03. The molecule has 0 atom stereocenters. The molecule has 1 fully saturated rings. The first-order chi connectivity index (χ1) is 10.0. The fourth-order valence-electron chi connectivity index (χ4n) is 3.03. The Labute approximate surface area is 125 Å². The Morgan fingerprint density at radius 1 is 1.24 bits per heavy atom. The summed E-state index contributed by atoms with van der Waals surface area (Å²) in [5.41, 5.74) is 2.70. The van der Waals surface area contributed by atoms with E-state index >= 15 is 0 Å². The summed E-state index contributed by atoms with van der Waals surface area (Å²) in [5.74, 6) is 0.149. The summed E-state index contributed by atoms with van der Waals surface area (Å²) in [6.45, 7) is 2.05. The highest BCUT2D eigenvalue weighted by Crippen LogP contribution is 2.41. The van der Waals surface area contributed by atoms with Crippen molar-refractivity contribution >= 4 is 5.91 Å². The van der Waals surface area contributed by atoms with Gasteiger partial charge in [0.25, 0.3) is 0 Å². The average Bonchev–Trinajstić information content (AvgIpc) is 2.80. The molecule has 3 rings (SSSR count). The Kier molecular flexibility index (Phi) is 3.32. The number of rotatable bonds is 3. The normalized spacial score (nSPS) is 16.3. The molecule has 110 valence electrons. The van der Waals surface area contributed by atoms with Gasteiger partial charge in [-0.1, -0.05) is 30.3 Å². The monoisotopic (exact) mass is 283 g/mol. The Bertz CT molecular complexity index is 654. The van der Waals surface area contributed by atoms with Gasteiger partial charge >= 0.3 is 0 Å². The predicted octanol–water partition coefficient (Wildman–Crippen LogP) is 2.83. The van der Waals surface area contributed by atoms with Gasteiger partial charge in [-0.2, -0.15) is 5.10 Å². The number of benzene rings is 1. The lowest BCUT2D eigenvalue weighted by Crippen LogP contribution is -2.53. The van der Waals surface area contributed by atoms with E-state index in [4.69, 9.17) is 5.10 Å². The van der Waals surface area contributed by atoms with Crippen LogP contribution in [-0.4, -0.2) is 34.7 Å². The number of aromatic nitrogens is 2. The van der Waals surface area contributed by atoms with Crippen molar-refractivity contribution in [2.75, 3.05) is 14.1 Å². The van der Waals surface area contributed by atoms with Gasteiger partial charge in [0.15, 0.2) is 0 Å². The lowest BCUT2D eigenvalue weighted by molar-refractivity contribution is -0.143. The highest BCUT2D eigenvalue weighted by Gasteiger charge is 2.47. The molecule has 0 unspecified atom stereocenters. The molecule has 1 aliphatic rings. The Morgan fingerprint density at radius 2 is 1.90 bits per heavy atom. The van der Waals surface area contributed by atoms with Crippen LogP contribution < -0.4 is 0 Å². The van der Waals surface area contributed by atoms with Crippen LogP contribution in [0.3, 0.4) is 0 Å². The van der Waals surface area contributed by atoms with Gasteiger partial charge in [-0.05, 0) is 31.7 Å². The van der Waals surface area contributed by atoms with Crippen LogP contribution >= 0.6 is 0 Å². The van der Waals surface area contributed by atoms with Crippen LogP contribution in [0.15, 0.2) is 36.5 Å². The van der Waals surface area contributed by atoms with Crippen molar-refractivity contribution in [1.82, 2.24) is 14.7 Å². The first-order valence-electron chi connectivity index (χ1n) is 7.38. The van der Waals surface area contributed by atoms with Crippen molar-refractivity contribution in [2.45, 2.75) is 31.7 Å². The second-order valence-electron chi connectivity index (χ2n) is 6.06. The summed E-state index contributed by atoms with van der Waals surface area (Å²) in [6.07, 6.45) is 4.85. The lowest BCUT2D eigenvalue weighted by Gasteiger charge is -2.41. The van der Waals surface area contributed by atoms with Crippen molar-refractivity contribution in [3.05, 3.63) is 42.1 Å². The number of likely N-dealkylation sites (N-methyl/N-ethyl adjacent to an activating group) is 1. The van der Waals surface area contributed by atoms with E-state index in [-0.39, 0.29) is 5.91 Å². The summed E-state index contributed by atoms with van der Waals surface area (Å²) >= 11 is 0. The second kappa shape index (κ2) is 5.02. The quantitative estimate of drug-likeness (QED) is 0.868. The molecule has 1 aromatic heterocycles. The molecule has 2 aromatic rings. The van der Waals surface area contributed by atoms with E-state index < -0.39 is 5.54 Å². The second-order valence-corrected chi connectivity index (χ2v) is 6.06. The van der Waals surface area contributed by atoms with Crippen LogP contribution in [0.2, 0.25) is 0 Å². The Morgan fingerprint density at radius 3 is 2.43 bits per heavy atom. The number of carbonyl (C=O) groups excluding carboxylic acids is 1. The van der Waals surface area contributed by atoms with Gasteiger partial charge in [0.2, 0.25) is 5.91 Å². The Hall–Kier alpha value is -2.10. The first kappa shape index (κ1) is 13.9. The molecule has 0 radical (unpaired) electrons. The topological polar surface area (TPSA) is 38.1 Å². The zero-order chi connectivity index (χ0) is 15.0. The lowest BCUT2D eigenvalue weighted by atomic mass is 9.76. The summed E-state index contributed by atoms with van der Waals surface area (Å²) in [6, 6.07) is 10.1. The third-order valence-electron chi connectivity index (χ3n) is 4.37. The molecule has 0 bridgehead atoms. The minimum absolute atomic E-state index is 0.149. The number of amides is 1. The Balaban J connectivity index is 2.03. The standard InChI is InChI=1S/C17H21N3O/c1-13-12-20(17(10-7-11-17)16(21)19(2)3)18-15(13)14-8-5-4-6-9-14/h4-6,8-9,12H,7,10-11H2,1-3H3. The zero-order valence-electron chi connectivity index (χ0n) is 12.8. The highest BCUT2D eigenvalue weighted by molar-refractivity contribution is 5.85. The third-order valence-corrected chi connectivity index (χ3v) is 4.37. The molecule has 4 heteroatoms. The van der Waals surface area contributed by atoms with Crippen LogP contribution in [0, 0.1) is 6.92 Å². The van der Waals surface area contributed by atoms with E-state index in [1.807, 2.05) is 43.2 Å². The molecule has 0 saturated heterocycles. The molecule has 0 spiro atoms. The molecular weight excluding hydrogens is 262 g/mol. The third kappa shape index (κ3) is 2.15. The highest BCUT2D eigenvalue weighted by atomic mass is 16.2. The van der Waals surface area contributed by atoms with E-state index in [9.17, 15) is 4.79 Å². The molecule has 4 nitrogen and oxygen atoms in total. The summed E-state index contributed by atoms with van der Waals surface area (Å²) < 4.78 is 1.90. The van der Waals surface area contributed by atoms with Crippen molar-refractivity contribution in [3.63, 3.8) is 0 Å². The van der Waals surface area contributed by atoms with Gasteiger partial charge in [0.1, 0.15) is 5.54 Å². The van der Waals surface area contributed by atoms with Gasteiger partial charge in [-0.25, -0.2) is 0 Å². The van der Waals surface area contributed by atoms with Gasteiger partial charge in [0, 0.05) is 25.9 Å². The summed E-state index contributed by atoms with van der Waals surface area (Å²) in [7, 11) is 3.63. The van der Waals surface area contributed by atoms with Gasteiger partial charge in [-0.3, -0.25) is 9.48 Å². The van der Waals surface area contributed by atoms with E-state index in [0.717, 1.165) is 36.1 Å². The molecule has 1 saturated carbocycles. The molecule has 21 heavy (non-hydrogen) atoms. The van der Waals surface area contributed by atoms with Crippen molar-refractivity contribution in [1.29, 1.82) is 0 Å². The fraction of sp³-hybridized carbons (Fsp3) is 0.412. The SMILES string of the molecule is Cc1cn(C2(C(=O)N(C)C)CCC2)nc1-c1ccccc1. The number of aryl methyl sites for hydroxylation is 1. The minimum atomic E-state index is -0.471. The molecule has 1 amide bonds.